The summed E-state index contributed by atoms with van der Waals surface area (Å²) >= 11 is 0. The van der Waals surface area contributed by atoms with E-state index in [4.69, 9.17) is 9.98 Å². The summed E-state index contributed by atoms with van der Waals surface area (Å²) in [5.41, 5.74) is 11.6. The first-order valence-electron chi connectivity index (χ1n) is 23.7. The van der Waals surface area contributed by atoms with Gasteiger partial charge in [0.15, 0.2) is 0 Å². The third kappa shape index (κ3) is 21.9. The Balaban J connectivity index is 0.00000120. The molecule has 3 aromatic carbocycles. The van der Waals surface area contributed by atoms with Gasteiger partial charge in [0.1, 0.15) is 0 Å². The summed E-state index contributed by atoms with van der Waals surface area (Å²) in [7, 11) is 0. The minimum atomic E-state index is -0.412. The maximum absolute atomic E-state index is 10.8. The zero-order chi connectivity index (χ0) is 41.5. The first-order valence-corrected chi connectivity index (χ1v) is 23.7. The minimum Gasteiger partial charge on any atom is -0.873 e. The average Bonchev–Trinajstić information content (AvgIpc) is 3.20. The van der Waals surface area contributed by atoms with Crippen molar-refractivity contribution in [2.45, 2.75) is 215 Å². The third-order valence-corrected chi connectivity index (χ3v) is 10.9. The standard InChI is InChI=1S/C44H72N2.C9H12O2.Ni/c1-7-13-15-16-17-18-19-20-21-22-23-24-30-44(46-42-34-32-38(26-10-4)40(36-42)28-12-6)43(29-14-8-2)45-41-33-31-37(25-9-3)39(35-41)27-11-5;1-2-3-7-4-5-8(10)9(11)6-7;/h31-36H,7-30H2,1-6H3;4-6,10-11H,2-3H2,1H3;/q;;+2/p-2. The summed E-state index contributed by atoms with van der Waals surface area (Å²) < 4.78 is 0. The van der Waals surface area contributed by atoms with E-state index >= 15 is 0 Å². The summed E-state index contributed by atoms with van der Waals surface area (Å²) in [4.78, 5) is 10.8. The number of unbranched alkanes of at least 4 members (excludes halogenated alkanes) is 12. The maximum atomic E-state index is 10.8. The fourth-order valence-corrected chi connectivity index (χ4v) is 7.71. The van der Waals surface area contributed by atoms with Gasteiger partial charge in [0.2, 0.25) is 0 Å². The number of aryl methyl sites for hydroxylation is 5. The molecule has 0 atom stereocenters. The summed E-state index contributed by atoms with van der Waals surface area (Å²) in [5, 5.41) is 21.5. The van der Waals surface area contributed by atoms with Gasteiger partial charge in [-0.25, -0.2) is 0 Å². The van der Waals surface area contributed by atoms with Crippen LogP contribution < -0.4 is 10.2 Å². The summed E-state index contributed by atoms with van der Waals surface area (Å²) in [6, 6.07) is 18.5. The van der Waals surface area contributed by atoms with E-state index < -0.39 is 11.5 Å². The molecule has 58 heavy (non-hydrogen) atoms. The molecule has 0 aliphatic heterocycles. The Bertz CT molecular complexity index is 1560. The molecule has 0 aromatic heterocycles. The van der Waals surface area contributed by atoms with Gasteiger partial charge in [0, 0.05) is 0 Å². The van der Waals surface area contributed by atoms with Crippen molar-refractivity contribution in [1.82, 2.24) is 0 Å². The number of nitrogens with zero attached hydrogens (tertiary/aromatic N) is 2. The van der Waals surface area contributed by atoms with Crippen LogP contribution in [0.15, 0.2) is 64.6 Å². The predicted octanol–water partition coefficient (Wildman–Crippen LogP) is 15.4. The molecule has 0 spiro atoms. The molecule has 0 saturated heterocycles. The van der Waals surface area contributed by atoms with E-state index in [9.17, 15) is 10.2 Å². The summed E-state index contributed by atoms with van der Waals surface area (Å²) in [6.07, 6.45) is 32.0. The molecule has 0 radical (unpaired) electrons. The van der Waals surface area contributed by atoms with Crippen LogP contribution in [0.25, 0.3) is 0 Å². The van der Waals surface area contributed by atoms with Crippen LogP contribution in [0, 0.1) is 0 Å². The van der Waals surface area contributed by atoms with Crippen LogP contribution >= 0.6 is 0 Å². The van der Waals surface area contributed by atoms with E-state index in [1.54, 1.807) is 6.07 Å². The van der Waals surface area contributed by atoms with Gasteiger partial charge < -0.3 is 10.2 Å². The van der Waals surface area contributed by atoms with Crippen LogP contribution in [0.3, 0.4) is 0 Å². The first kappa shape index (κ1) is 53.1. The van der Waals surface area contributed by atoms with Crippen LogP contribution in [-0.4, -0.2) is 11.4 Å². The second-order valence-corrected chi connectivity index (χ2v) is 16.3. The molecular formula is C53H82N2NiO2. The van der Waals surface area contributed by atoms with Crippen molar-refractivity contribution in [3.8, 4) is 11.5 Å². The number of hydrogen-bond acceptors (Lipinski definition) is 4. The molecule has 3 aromatic rings. The smallest absolute Gasteiger partial charge is 0.873 e. The van der Waals surface area contributed by atoms with E-state index in [2.05, 4.69) is 77.9 Å². The molecule has 0 fully saturated rings. The Morgan fingerprint density at radius 3 is 1.19 bits per heavy atom. The van der Waals surface area contributed by atoms with E-state index in [1.807, 2.05) is 6.92 Å². The van der Waals surface area contributed by atoms with Crippen molar-refractivity contribution < 1.29 is 26.7 Å². The number of benzene rings is 3. The Hall–Kier alpha value is -2.91. The van der Waals surface area contributed by atoms with E-state index in [0.717, 1.165) is 74.7 Å². The average molecular weight is 838 g/mol. The molecule has 0 N–H and O–H groups in total. The quantitative estimate of drug-likeness (QED) is 0.0397. The molecule has 0 aliphatic rings. The molecule has 0 heterocycles. The molecule has 0 saturated carbocycles. The van der Waals surface area contributed by atoms with Crippen molar-refractivity contribution in [3.63, 3.8) is 0 Å². The molecule has 0 amide bonds. The Labute approximate surface area is 367 Å². The zero-order valence-electron chi connectivity index (χ0n) is 38.1. The topological polar surface area (TPSA) is 70.8 Å². The minimum absolute atomic E-state index is 0. The maximum Gasteiger partial charge on any atom is 2.00 e. The number of aliphatic imine (C=N–C) groups is 2. The van der Waals surface area contributed by atoms with Gasteiger partial charge in [-0.05, 0) is 110 Å². The predicted molar refractivity (Wildman–Crippen MR) is 248 cm³/mol. The monoisotopic (exact) mass is 837 g/mol. The molecule has 0 aliphatic carbocycles. The van der Waals surface area contributed by atoms with Gasteiger partial charge in [0.05, 0.1) is 22.8 Å². The second kappa shape index (κ2) is 33.9. The van der Waals surface area contributed by atoms with E-state index in [1.165, 1.54) is 155 Å². The van der Waals surface area contributed by atoms with E-state index in [0.29, 0.717) is 0 Å². The third-order valence-electron chi connectivity index (χ3n) is 10.9. The molecule has 5 heteroatoms. The van der Waals surface area contributed by atoms with Crippen molar-refractivity contribution in [3.05, 3.63) is 82.4 Å². The van der Waals surface area contributed by atoms with Crippen LogP contribution in [0.5, 0.6) is 11.5 Å². The van der Waals surface area contributed by atoms with Gasteiger partial charge in [-0.3, -0.25) is 9.98 Å². The molecule has 326 valence electrons. The fraction of sp³-hybridized carbons (Fsp3) is 0.623. The van der Waals surface area contributed by atoms with Gasteiger partial charge in [0.25, 0.3) is 0 Å². The van der Waals surface area contributed by atoms with Crippen LogP contribution in [0.1, 0.15) is 211 Å². The van der Waals surface area contributed by atoms with Crippen molar-refractivity contribution in [1.29, 1.82) is 0 Å². The summed E-state index contributed by atoms with van der Waals surface area (Å²) in [6.45, 7) is 15.8. The second-order valence-electron chi connectivity index (χ2n) is 16.3. The van der Waals surface area contributed by atoms with Crippen LogP contribution in [0.2, 0.25) is 0 Å². The van der Waals surface area contributed by atoms with Gasteiger partial charge in [-0.2, -0.15) is 0 Å². The Morgan fingerprint density at radius 1 is 0.379 bits per heavy atom. The summed E-state index contributed by atoms with van der Waals surface area (Å²) in [5.74, 6) is -0.805. The molecule has 0 bridgehead atoms. The van der Waals surface area contributed by atoms with Gasteiger partial charge in [-0.15, -0.1) is 11.5 Å². The van der Waals surface area contributed by atoms with Crippen molar-refractivity contribution >= 4 is 22.8 Å². The van der Waals surface area contributed by atoms with Crippen LogP contribution in [0.4, 0.5) is 11.4 Å². The van der Waals surface area contributed by atoms with Crippen LogP contribution in [-0.2, 0) is 48.6 Å². The number of hydrogen-bond donors (Lipinski definition) is 0. The van der Waals surface area contributed by atoms with Crippen molar-refractivity contribution in [2.75, 3.05) is 0 Å². The van der Waals surface area contributed by atoms with E-state index in [-0.39, 0.29) is 16.5 Å². The first-order chi connectivity index (χ1) is 27.8. The Morgan fingerprint density at radius 2 is 0.776 bits per heavy atom. The van der Waals surface area contributed by atoms with Gasteiger partial charge in [-0.1, -0.05) is 188 Å². The fourth-order valence-electron chi connectivity index (χ4n) is 7.71. The van der Waals surface area contributed by atoms with Crippen molar-refractivity contribution in [2.24, 2.45) is 9.98 Å². The molecule has 3 rings (SSSR count). The van der Waals surface area contributed by atoms with Gasteiger partial charge >= 0.3 is 16.5 Å². The number of rotatable bonds is 29. The molecule has 4 nitrogen and oxygen atoms in total. The Kier molecular flexibility index (Phi) is 31.0. The normalized spacial score (nSPS) is 11.6. The largest absolute Gasteiger partial charge is 2.00 e. The molecular weight excluding hydrogens is 755 g/mol. The zero-order valence-corrected chi connectivity index (χ0v) is 39.1. The molecule has 0 unspecified atom stereocenters. The SMILES string of the molecule is CCCCCCCCCCCCCCC(=Nc1ccc(CCC)c(CCC)c1)C(CCCC)=Nc1ccc(CCC)c(CCC)c1.CCCc1ccc([O-])c([O-])c1.[Ni+2].